The topological polar surface area (TPSA) is 54.5 Å². The second-order valence-corrected chi connectivity index (χ2v) is 11.4. The normalized spacial score (nSPS) is 25.8. The Morgan fingerprint density at radius 3 is 2.46 bits per heavy atom. The smallest absolute Gasteiger partial charge is 0.234 e. The summed E-state index contributed by atoms with van der Waals surface area (Å²) < 4.78 is 24.1. The van der Waals surface area contributed by atoms with Crippen LogP contribution in [-0.4, -0.2) is 42.8 Å². The molecular formula is C18H27NO3S2. The van der Waals surface area contributed by atoms with E-state index >= 15 is 0 Å². The van der Waals surface area contributed by atoms with Gasteiger partial charge >= 0.3 is 0 Å². The van der Waals surface area contributed by atoms with Crippen LogP contribution in [0.3, 0.4) is 0 Å². The van der Waals surface area contributed by atoms with Crippen molar-refractivity contribution in [1.29, 1.82) is 0 Å². The Hall–Kier alpha value is -0.880. The Kier molecular flexibility index (Phi) is 4.82. The van der Waals surface area contributed by atoms with Crippen molar-refractivity contribution in [3.8, 4) is 0 Å². The van der Waals surface area contributed by atoms with E-state index in [1.54, 1.807) is 25.2 Å². The number of carbonyl (C=O) groups is 1. The van der Waals surface area contributed by atoms with Gasteiger partial charge in [0.2, 0.25) is 5.91 Å². The SMILES string of the molecule is CC1(C)CCN(C(=O)C2(c3cccs3)CCCCC2)CCS1(=O)=O. The monoisotopic (exact) mass is 369 g/mol. The fourth-order valence-electron chi connectivity index (χ4n) is 3.96. The second kappa shape index (κ2) is 6.45. The Morgan fingerprint density at radius 2 is 1.83 bits per heavy atom. The number of hydrogen-bond donors (Lipinski definition) is 0. The Morgan fingerprint density at radius 1 is 1.12 bits per heavy atom. The molecule has 4 nitrogen and oxygen atoms in total. The third-order valence-electron chi connectivity index (χ3n) is 5.85. The van der Waals surface area contributed by atoms with Crippen molar-refractivity contribution in [3.63, 3.8) is 0 Å². The van der Waals surface area contributed by atoms with E-state index in [1.807, 2.05) is 16.3 Å². The van der Waals surface area contributed by atoms with Crippen molar-refractivity contribution in [2.45, 2.75) is 62.5 Å². The number of rotatable bonds is 2. The molecule has 1 amide bonds. The molecule has 1 aromatic rings. The summed E-state index contributed by atoms with van der Waals surface area (Å²) in [6.07, 6.45) is 5.62. The molecule has 0 spiro atoms. The average Bonchev–Trinajstić information content (AvgIpc) is 3.06. The van der Waals surface area contributed by atoms with Crippen molar-refractivity contribution < 1.29 is 13.2 Å². The van der Waals surface area contributed by atoms with Crippen LogP contribution in [0, 0.1) is 0 Å². The summed E-state index contributed by atoms with van der Waals surface area (Å²) in [4.78, 5) is 16.5. The van der Waals surface area contributed by atoms with Crippen molar-refractivity contribution >= 4 is 27.1 Å². The Balaban J connectivity index is 1.89. The van der Waals surface area contributed by atoms with Gasteiger partial charge in [-0.2, -0.15) is 0 Å². The minimum Gasteiger partial charge on any atom is -0.341 e. The van der Waals surface area contributed by atoms with Crippen LogP contribution in [0.1, 0.15) is 57.2 Å². The standard InChI is InChI=1S/C18H27NO3S2/c1-17(2)10-11-19(12-14-24(17,21)22)16(20)18(8-4-3-5-9-18)15-7-6-13-23-15/h6-7,13H,3-5,8-12,14H2,1-2H3. The van der Waals surface area contributed by atoms with Gasteiger partial charge < -0.3 is 4.90 Å². The zero-order valence-electron chi connectivity index (χ0n) is 14.6. The van der Waals surface area contributed by atoms with Gasteiger partial charge in [-0.3, -0.25) is 4.79 Å². The van der Waals surface area contributed by atoms with Gasteiger partial charge in [0.05, 0.1) is 15.9 Å². The van der Waals surface area contributed by atoms with E-state index in [4.69, 9.17) is 0 Å². The van der Waals surface area contributed by atoms with E-state index in [-0.39, 0.29) is 11.7 Å². The molecule has 2 aliphatic rings. The molecule has 2 fully saturated rings. The van der Waals surface area contributed by atoms with E-state index in [2.05, 4.69) is 6.07 Å². The first-order valence-electron chi connectivity index (χ1n) is 8.84. The first-order chi connectivity index (χ1) is 11.3. The largest absolute Gasteiger partial charge is 0.341 e. The summed E-state index contributed by atoms with van der Waals surface area (Å²) in [6.45, 7) is 4.44. The molecule has 0 aromatic carbocycles. The average molecular weight is 370 g/mol. The maximum atomic E-state index is 13.5. The predicted molar refractivity (Wildman–Crippen MR) is 98.1 cm³/mol. The van der Waals surface area contributed by atoms with Gasteiger partial charge in [-0.1, -0.05) is 25.3 Å². The molecule has 1 aliphatic carbocycles. The molecule has 1 aromatic heterocycles. The summed E-state index contributed by atoms with van der Waals surface area (Å²) in [5.41, 5.74) is -0.426. The lowest BCUT2D eigenvalue weighted by atomic mass is 9.72. The van der Waals surface area contributed by atoms with Crippen molar-refractivity contribution in [2.24, 2.45) is 0 Å². The lowest BCUT2D eigenvalue weighted by Crippen LogP contribution is -2.48. The van der Waals surface area contributed by atoms with Gasteiger partial charge in [-0.15, -0.1) is 11.3 Å². The third-order valence-corrected chi connectivity index (χ3v) is 9.53. The van der Waals surface area contributed by atoms with Gasteiger partial charge in [0.25, 0.3) is 0 Å². The van der Waals surface area contributed by atoms with E-state index in [9.17, 15) is 13.2 Å². The van der Waals surface area contributed by atoms with Crippen LogP contribution >= 0.6 is 11.3 Å². The third kappa shape index (κ3) is 3.03. The Bertz CT molecular complexity index is 686. The van der Waals surface area contributed by atoms with E-state index < -0.39 is 20.0 Å². The molecule has 2 heterocycles. The van der Waals surface area contributed by atoms with Crippen LogP contribution in [-0.2, 0) is 20.0 Å². The molecule has 1 saturated heterocycles. The summed E-state index contributed by atoms with van der Waals surface area (Å²) in [5, 5.41) is 2.04. The van der Waals surface area contributed by atoms with Gasteiger partial charge in [0, 0.05) is 18.0 Å². The zero-order valence-corrected chi connectivity index (χ0v) is 16.2. The van der Waals surface area contributed by atoms with Gasteiger partial charge in [0.1, 0.15) is 0 Å². The molecule has 0 unspecified atom stereocenters. The second-order valence-electron chi connectivity index (χ2n) is 7.74. The number of thiophene rings is 1. The highest BCUT2D eigenvalue weighted by atomic mass is 32.2. The fraction of sp³-hybridized carbons (Fsp3) is 0.722. The molecular weight excluding hydrogens is 342 g/mol. The number of nitrogens with zero attached hydrogens (tertiary/aromatic N) is 1. The number of hydrogen-bond acceptors (Lipinski definition) is 4. The van der Waals surface area contributed by atoms with Crippen molar-refractivity contribution in [1.82, 2.24) is 4.90 Å². The Labute approximate surface area is 149 Å². The number of carbonyl (C=O) groups excluding carboxylic acids is 1. The number of amides is 1. The van der Waals surface area contributed by atoms with Crippen LogP contribution in [0.4, 0.5) is 0 Å². The van der Waals surface area contributed by atoms with Crippen LogP contribution in [0.15, 0.2) is 17.5 Å². The molecule has 3 rings (SSSR count). The first kappa shape index (κ1) is 17.9. The molecule has 1 saturated carbocycles. The number of sulfone groups is 1. The highest BCUT2D eigenvalue weighted by Gasteiger charge is 2.46. The summed E-state index contributed by atoms with van der Waals surface area (Å²) >= 11 is 1.66. The maximum absolute atomic E-state index is 13.5. The minimum atomic E-state index is -3.16. The summed E-state index contributed by atoms with van der Waals surface area (Å²) in [6, 6.07) is 4.09. The molecule has 0 bridgehead atoms. The van der Waals surface area contributed by atoms with Crippen LogP contribution in [0.2, 0.25) is 0 Å². The molecule has 0 atom stereocenters. The molecule has 24 heavy (non-hydrogen) atoms. The van der Waals surface area contributed by atoms with E-state index in [1.165, 1.54) is 6.42 Å². The molecule has 134 valence electrons. The van der Waals surface area contributed by atoms with E-state index in [0.717, 1.165) is 30.6 Å². The molecule has 0 N–H and O–H groups in total. The van der Waals surface area contributed by atoms with Crippen molar-refractivity contribution in [2.75, 3.05) is 18.8 Å². The fourth-order valence-corrected chi connectivity index (χ4v) is 6.35. The lowest BCUT2D eigenvalue weighted by Gasteiger charge is -2.39. The minimum absolute atomic E-state index is 0.0757. The van der Waals surface area contributed by atoms with Crippen LogP contribution < -0.4 is 0 Å². The molecule has 0 radical (unpaired) electrons. The molecule has 6 heteroatoms. The summed E-state index contributed by atoms with van der Waals surface area (Å²) in [7, 11) is -3.16. The van der Waals surface area contributed by atoms with Gasteiger partial charge in [-0.25, -0.2) is 8.42 Å². The van der Waals surface area contributed by atoms with Gasteiger partial charge in [0.15, 0.2) is 9.84 Å². The quantitative estimate of drug-likeness (QED) is 0.803. The first-order valence-corrected chi connectivity index (χ1v) is 11.4. The maximum Gasteiger partial charge on any atom is 0.234 e. The lowest BCUT2D eigenvalue weighted by molar-refractivity contribution is -0.138. The highest BCUT2D eigenvalue weighted by Crippen LogP contribution is 2.43. The zero-order chi connectivity index (χ0) is 17.4. The van der Waals surface area contributed by atoms with Gasteiger partial charge in [-0.05, 0) is 44.6 Å². The highest BCUT2D eigenvalue weighted by molar-refractivity contribution is 7.92. The van der Waals surface area contributed by atoms with Crippen LogP contribution in [0.25, 0.3) is 0 Å². The predicted octanol–water partition coefficient (Wildman–Crippen LogP) is 3.38. The van der Waals surface area contributed by atoms with Crippen molar-refractivity contribution in [3.05, 3.63) is 22.4 Å². The molecule has 1 aliphatic heterocycles. The van der Waals surface area contributed by atoms with Crippen LogP contribution in [0.5, 0.6) is 0 Å². The summed E-state index contributed by atoms with van der Waals surface area (Å²) in [5.74, 6) is 0.226. The van der Waals surface area contributed by atoms with E-state index in [0.29, 0.717) is 19.5 Å².